The Morgan fingerprint density at radius 3 is 2.71 bits per heavy atom. The number of fused-ring (bicyclic) bond motifs is 1. The summed E-state index contributed by atoms with van der Waals surface area (Å²) in [5.41, 5.74) is -0.0107. The molecule has 2 aliphatic heterocycles. The third kappa shape index (κ3) is 2.42. The van der Waals surface area contributed by atoms with Crippen LogP contribution >= 0.6 is 0 Å². The van der Waals surface area contributed by atoms with E-state index in [1.54, 1.807) is 4.90 Å². The number of rotatable bonds is 2. The molecule has 0 N–H and O–H groups in total. The van der Waals surface area contributed by atoms with Crippen molar-refractivity contribution < 1.29 is 17.6 Å². The number of sulfonamides is 1. The first kappa shape index (κ1) is 14.4. The molecule has 0 bridgehead atoms. The van der Waals surface area contributed by atoms with Gasteiger partial charge in [-0.2, -0.15) is 4.31 Å². The fourth-order valence-corrected chi connectivity index (χ4v) is 4.49. The van der Waals surface area contributed by atoms with Crippen LogP contribution in [0.25, 0.3) is 0 Å². The molecule has 2 saturated heterocycles. The van der Waals surface area contributed by atoms with Crippen LogP contribution < -0.4 is 0 Å². The molecule has 0 unspecified atom stereocenters. The van der Waals surface area contributed by atoms with Crippen LogP contribution in [-0.4, -0.2) is 59.9 Å². The lowest BCUT2D eigenvalue weighted by Crippen LogP contribution is -2.41. The summed E-state index contributed by atoms with van der Waals surface area (Å²) in [6, 6.07) is 1.00. The van der Waals surface area contributed by atoms with Crippen molar-refractivity contribution in [2.45, 2.75) is 24.9 Å². The number of carbonyl (C=O) groups excluding carboxylic acids is 1. The maximum atomic E-state index is 13.7. The minimum Gasteiger partial charge on any atom is -0.334 e. The van der Waals surface area contributed by atoms with E-state index in [1.165, 1.54) is 22.8 Å². The highest BCUT2D eigenvalue weighted by Crippen LogP contribution is 2.34. The van der Waals surface area contributed by atoms with Crippen LogP contribution in [0.4, 0.5) is 4.39 Å². The molecule has 0 spiro atoms. The molecule has 0 aromatic carbocycles. The van der Waals surface area contributed by atoms with Gasteiger partial charge in [0.25, 0.3) is 5.91 Å². The van der Waals surface area contributed by atoms with E-state index >= 15 is 0 Å². The van der Waals surface area contributed by atoms with E-state index in [-0.39, 0.29) is 17.6 Å². The Balaban J connectivity index is 1.84. The van der Waals surface area contributed by atoms with Crippen molar-refractivity contribution in [3.05, 3.63) is 29.8 Å². The van der Waals surface area contributed by atoms with E-state index in [0.29, 0.717) is 25.9 Å². The predicted molar refractivity (Wildman–Crippen MR) is 73.6 cm³/mol. The number of halogens is 1. The van der Waals surface area contributed by atoms with Gasteiger partial charge in [-0.15, -0.1) is 0 Å². The molecule has 0 aliphatic carbocycles. The summed E-state index contributed by atoms with van der Waals surface area (Å²) in [6.07, 6.45) is 4.76. The van der Waals surface area contributed by atoms with Gasteiger partial charge in [-0.3, -0.25) is 9.78 Å². The van der Waals surface area contributed by atoms with E-state index in [1.807, 2.05) is 0 Å². The highest BCUT2D eigenvalue weighted by atomic mass is 32.2. The molecule has 8 heteroatoms. The lowest BCUT2D eigenvalue weighted by atomic mass is 10.1. The largest absolute Gasteiger partial charge is 0.334 e. The summed E-state index contributed by atoms with van der Waals surface area (Å²) >= 11 is 0. The van der Waals surface area contributed by atoms with Crippen molar-refractivity contribution in [3.63, 3.8) is 0 Å². The average molecular weight is 313 g/mol. The zero-order valence-electron chi connectivity index (χ0n) is 11.6. The fourth-order valence-electron chi connectivity index (χ4n) is 3.31. The smallest absolute Gasteiger partial charge is 0.257 e. The van der Waals surface area contributed by atoms with Crippen molar-refractivity contribution in [2.75, 3.05) is 19.3 Å². The van der Waals surface area contributed by atoms with Crippen LogP contribution in [0.2, 0.25) is 0 Å². The van der Waals surface area contributed by atoms with Gasteiger partial charge in [-0.25, -0.2) is 12.8 Å². The molecule has 1 aromatic heterocycles. The molecule has 1 amide bonds. The number of hydrogen-bond donors (Lipinski definition) is 0. The lowest BCUT2D eigenvalue weighted by Gasteiger charge is -2.24. The van der Waals surface area contributed by atoms with Crippen LogP contribution in [0, 0.1) is 5.82 Å². The van der Waals surface area contributed by atoms with Crippen LogP contribution in [-0.2, 0) is 10.0 Å². The molecule has 2 atom stereocenters. The summed E-state index contributed by atoms with van der Waals surface area (Å²) in [5, 5.41) is 0. The molecule has 3 rings (SSSR count). The summed E-state index contributed by atoms with van der Waals surface area (Å²) in [4.78, 5) is 17.7. The second-order valence-electron chi connectivity index (χ2n) is 5.44. The van der Waals surface area contributed by atoms with Crippen LogP contribution in [0.1, 0.15) is 23.2 Å². The second kappa shape index (κ2) is 5.03. The highest BCUT2D eigenvalue weighted by molar-refractivity contribution is 7.88. The van der Waals surface area contributed by atoms with Crippen molar-refractivity contribution in [1.29, 1.82) is 0 Å². The summed E-state index contributed by atoms with van der Waals surface area (Å²) in [7, 11) is -3.27. The number of nitrogens with zero attached hydrogens (tertiary/aromatic N) is 3. The Kier molecular flexibility index (Phi) is 3.45. The number of hydrogen-bond acceptors (Lipinski definition) is 4. The van der Waals surface area contributed by atoms with Gasteiger partial charge >= 0.3 is 0 Å². The molecule has 2 aliphatic rings. The third-order valence-corrected chi connectivity index (χ3v) is 5.52. The van der Waals surface area contributed by atoms with Crippen molar-refractivity contribution in [2.24, 2.45) is 0 Å². The maximum absolute atomic E-state index is 13.7. The van der Waals surface area contributed by atoms with E-state index < -0.39 is 21.7 Å². The number of amides is 1. The monoisotopic (exact) mass is 313 g/mol. The Labute approximate surface area is 122 Å². The normalized spacial score (nSPS) is 26.1. The van der Waals surface area contributed by atoms with Gasteiger partial charge in [0.05, 0.1) is 18.0 Å². The molecular weight excluding hydrogens is 297 g/mol. The van der Waals surface area contributed by atoms with E-state index in [2.05, 4.69) is 4.98 Å². The topological polar surface area (TPSA) is 70.6 Å². The number of carbonyl (C=O) groups is 1. The Morgan fingerprint density at radius 1 is 1.33 bits per heavy atom. The molecule has 1 aromatic rings. The predicted octanol–water partition coefficient (Wildman–Crippen LogP) is 0.469. The third-order valence-electron chi connectivity index (χ3n) is 4.22. The van der Waals surface area contributed by atoms with Gasteiger partial charge in [0.2, 0.25) is 10.0 Å². The molecule has 114 valence electrons. The first-order valence-electron chi connectivity index (χ1n) is 6.77. The molecule has 0 saturated carbocycles. The quantitative estimate of drug-likeness (QED) is 0.796. The van der Waals surface area contributed by atoms with Gasteiger partial charge in [0, 0.05) is 31.4 Å². The van der Waals surface area contributed by atoms with Gasteiger partial charge in [-0.1, -0.05) is 0 Å². The highest BCUT2D eigenvalue weighted by Gasteiger charge is 2.47. The van der Waals surface area contributed by atoms with Gasteiger partial charge in [0.1, 0.15) is 0 Å². The Morgan fingerprint density at radius 2 is 2.05 bits per heavy atom. The van der Waals surface area contributed by atoms with E-state index in [4.69, 9.17) is 0 Å². The first-order chi connectivity index (χ1) is 9.89. The molecule has 6 nitrogen and oxygen atoms in total. The fraction of sp³-hybridized carbons (Fsp3) is 0.538. The Bertz CT molecular complexity index is 679. The standard InChI is InChI=1S/C13H16FN3O3S/c1-21(19,20)17-7-4-11-12(17)3-6-16(11)13(18)9-2-5-15-8-10(9)14/h2,5,8,11-12H,3-4,6-7H2,1H3/t11-,12+/m1/s1. The first-order valence-corrected chi connectivity index (χ1v) is 8.61. The van der Waals surface area contributed by atoms with Crippen molar-refractivity contribution in [3.8, 4) is 0 Å². The molecule has 3 heterocycles. The SMILES string of the molecule is CS(=O)(=O)N1CC[C@@H]2[C@@H]1CCN2C(=O)c1ccncc1F. The minimum atomic E-state index is -3.27. The lowest BCUT2D eigenvalue weighted by molar-refractivity contribution is 0.0730. The molecule has 2 fully saturated rings. The zero-order chi connectivity index (χ0) is 15.2. The maximum Gasteiger partial charge on any atom is 0.257 e. The van der Waals surface area contributed by atoms with Gasteiger partial charge in [-0.05, 0) is 18.9 Å². The second-order valence-corrected chi connectivity index (χ2v) is 7.37. The zero-order valence-corrected chi connectivity index (χ0v) is 12.4. The van der Waals surface area contributed by atoms with E-state index in [9.17, 15) is 17.6 Å². The summed E-state index contributed by atoms with van der Waals surface area (Å²) < 4.78 is 38.6. The van der Waals surface area contributed by atoms with E-state index in [0.717, 1.165) is 6.20 Å². The number of aromatic nitrogens is 1. The average Bonchev–Trinajstić information content (AvgIpc) is 2.98. The summed E-state index contributed by atoms with van der Waals surface area (Å²) in [5.74, 6) is -1.04. The van der Waals surface area contributed by atoms with Crippen molar-refractivity contribution in [1.82, 2.24) is 14.2 Å². The minimum absolute atomic E-state index is 0.0107. The number of pyridine rings is 1. The molecular formula is C13H16FN3O3S. The Hall–Kier alpha value is -1.54. The van der Waals surface area contributed by atoms with Crippen LogP contribution in [0.5, 0.6) is 0 Å². The summed E-state index contributed by atoms with van der Waals surface area (Å²) in [6.45, 7) is 0.860. The van der Waals surface area contributed by atoms with Crippen molar-refractivity contribution >= 4 is 15.9 Å². The molecule has 0 radical (unpaired) electrons. The number of likely N-dealkylation sites (tertiary alicyclic amines) is 1. The van der Waals surface area contributed by atoms with Gasteiger partial charge < -0.3 is 4.90 Å². The van der Waals surface area contributed by atoms with Crippen LogP contribution in [0.15, 0.2) is 18.5 Å². The van der Waals surface area contributed by atoms with Crippen LogP contribution in [0.3, 0.4) is 0 Å². The molecule has 21 heavy (non-hydrogen) atoms. The van der Waals surface area contributed by atoms with Gasteiger partial charge in [0.15, 0.2) is 5.82 Å².